The largest absolute Gasteiger partial charge is 0.378 e. The van der Waals surface area contributed by atoms with Crippen LogP contribution in [0.25, 0.3) is 27.9 Å². The summed E-state index contributed by atoms with van der Waals surface area (Å²) < 4.78 is 30.9. The van der Waals surface area contributed by atoms with E-state index in [1.807, 2.05) is 34.6 Å². The molecule has 1 aliphatic heterocycles. The van der Waals surface area contributed by atoms with E-state index in [9.17, 15) is 18.7 Å². The summed E-state index contributed by atoms with van der Waals surface area (Å²) in [4.78, 5) is 19.8. The molecule has 0 radical (unpaired) electrons. The van der Waals surface area contributed by atoms with E-state index in [0.29, 0.717) is 36.1 Å². The van der Waals surface area contributed by atoms with Crippen molar-refractivity contribution in [2.45, 2.75) is 70.2 Å². The molecule has 10 heteroatoms. The maximum Gasteiger partial charge on any atom is 0.272 e. The predicted molar refractivity (Wildman–Crippen MR) is 142 cm³/mol. The zero-order valence-electron chi connectivity index (χ0n) is 22.0. The minimum absolute atomic E-state index is 0.0140. The van der Waals surface area contributed by atoms with Gasteiger partial charge >= 0.3 is 0 Å². The molecule has 5 heterocycles. The second-order valence-electron chi connectivity index (χ2n) is 11.8. The van der Waals surface area contributed by atoms with Crippen LogP contribution in [0.4, 0.5) is 8.78 Å². The van der Waals surface area contributed by atoms with Crippen LogP contribution in [-0.2, 0) is 12.1 Å². The molecule has 204 valence electrons. The molecule has 3 aliphatic rings. The lowest BCUT2D eigenvalue weighted by Gasteiger charge is -2.27. The number of nitrogens with zero attached hydrogens (tertiary/aromatic N) is 5. The molecule has 7 rings (SSSR count). The number of aliphatic hydroxyl groups is 1. The van der Waals surface area contributed by atoms with Crippen LogP contribution in [0.1, 0.15) is 54.2 Å². The van der Waals surface area contributed by atoms with E-state index in [2.05, 4.69) is 4.98 Å². The van der Waals surface area contributed by atoms with E-state index in [1.165, 1.54) is 6.07 Å². The van der Waals surface area contributed by atoms with Gasteiger partial charge in [-0.2, -0.15) is 5.10 Å². The van der Waals surface area contributed by atoms with Gasteiger partial charge in [0, 0.05) is 42.3 Å². The summed E-state index contributed by atoms with van der Waals surface area (Å²) in [7, 11) is 0. The highest BCUT2D eigenvalue weighted by Crippen LogP contribution is 2.39. The summed E-state index contributed by atoms with van der Waals surface area (Å²) in [6.07, 6.45) is 3.07. The average Bonchev–Trinajstić information content (AvgIpc) is 3.33. The Morgan fingerprint density at radius 1 is 1.21 bits per heavy atom. The molecular weight excluding hydrogens is 502 g/mol. The Kier molecular flexibility index (Phi) is 5.41. The fourth-order valence-electron chi connectivity index (χ4n) is 6.45. The number of halogens is 2. The first-order valence-corrected chi connectivity index (χ1v) is 13.7. The molecule has 2 aliphatic carbocycles. The Bertz CT molecular complexity index is 1620. The van der Waals surface area contributed by atoms with Crippen molar-refractivity contribution in [3.8, 4) is 11.4 Å². The number of amides is 1. The lowest BCUT2D eigenvalue weighted by Crippen LogP contribution is -2.41. The highest BCUT2D eigenvalue weighted by molar-refractivity contribution is 5.95. The number of rotatable bonds is 6. The number of aromatic nitrogens is 4. The molecule has 3 N–H and O–H groups in total. The molecule has 3 unspecified atom stereocenters. The van der Waals surface area contributed by atoms with E-state index in [-0.39, 0.29) is 23.7 Å². The SMILES string of the molecule is Cc1c(-c2cc3ccc(C(C)(O)C(F)F)nc3n2CC2CC2)nn2cc(C(=O)N3CC4CCC3[C@@H]4N)ccc12. The van der Waals surface area contributed by atoms with Gasteiger partial charge in [-0.05, 0) is 81.7 Å². The highest BCUT2D eigenvalue weighted by atomic mass is 19.3. The monoisotopic (exact) mass is 534 g/mol. The number of carbonyl (C=O) groups is 1. The maximum atomic E-state index is 13.6. The van der Waals surface area contributed by atoms with E-state index >= 15 is 0 Å². The van der Waals surface area contributed by atoms with Crippen molar-refractivity contribution in [2.75, 3.05) is 6.54 Å². The standard InChI is InChI=1S/C29H32F2N6O2/c1-15-20-8-6-19(27(38)36-13-18-5-9-21(36)24(18)32)14-37(20)34-25(15)22-11-17-7-10-23(29(2,39)28(30)31)33-26(17)35(22)12-16-3-4-16/h6-8,10-11,14,16,18,21,24,28,39H,3-5,9,12-13,32H2,1-2H3/t18?,21?,24-,29?/m1/s1. The molecule has 0 aromatic carbocycles. The van der Waals surface area contributed by atoms with Gasteiger partial charge in [-0.1, -0.05) is 0 Å². The zero-order chi connectivity index (χ0) is 27.2. The number of hydrogen-bond donors (Lipinski definition) is 2. The zero-order valence-corrected chi connectivity index (χ0v) is 22.0. The maximum absolute atomic E-state index is 13.6. The molecule has 1 saturated heterocycles. The number of likely N-dealkylation sites (tertiary alicyclic amines) is 1. The third kappa shape index (κ3) is 3.79. The Morgan fingerprint density at radius 3 is 2.67 bits per heavy atom. The second kappa shape index (κ2) is 8.56. The summed E-state index contributed by atoms with van der Waals surface area (Å²) in [5.41, 5.74) is 8.50. The molecule has 0 spiro atoms. The van der Waals surface area contributed by atoms with Crippen LogP contribution in [0.3, 0.4) is 0 Å². The number of carbonyl (C=O) groups excluding carboxylic acids is 1. The van der Waals surface area contributed by atoms with Gasteiger partial charge in [0.05, 0.1) is 22.5 Å². The van der Waals surface area contributed by atoms with Gasteiger partial charge in [0.2, 0.25) is 0 Å². The summed E-state index contributed by atoms with van der Waals surface area (Å²) in [5.74, 6) is 0.859. The number of alkyl halides is 2. The first-order valence-electron chi connectivity index (χ1n) is 13.7. The normalized spacial score (nSPS) is 24.4. The van der Waals surface area contributed by atoms with E-state index in [1.54, 1.807) is 16.8 Å². The molecule has 4 aromatic heterocycles. The molecule has 8 nitrogen and oxygen atoms in total. The van der Waals surface area contributed by atoms with Crippen LogP contribution in [-0.4, -0.2) is 60.1 Å². The van der Waals surface area contributed by atoms with Crippen molar-refractivity contribution in [1.82, 2.24) is 24.1 Å². The van der Waals surface area contributed by atoms with Gasteiger partial charge in [0.25, 0.3) is 12.3 Å². The first-order chi connectivity index (χ1) is 18.6. The van der Waals surface area contributed by atoms with E-state index in [4.69, 9.17) is 10.8 Å². The van der Waals surface area contributed by atoms with E-state index < -0.39 is 12.0 Å². The van der Waals surface area contributed by atoms with Gasteiger partial charge in [-0.3, -0.25) is 4.79 Å². The number of nitrogens with two attached hydrogens (primary N) is 1. The fraction of sp³-hybridized carbons (Fsp3) is 0.483. The molecule has 2 bridgehead atoms. The van der Waals surface area contributed by atoms with Crippen LogP contribution in [0, 0.1) is 18.8 Å². The van der Waals surface area contributed by atoms with Crippen molar-refractivity contribution < 1.29 is 18.7 Å². The molecule has 4 atom stereocenters. The topological polar surface area (TPSA) is 102 Å². The highest BCUT2D eigenvalue weighted by Gasteiger charge is 2.47. The third-order valence-corrected chi connectivity index (χ3v) is 9.11. The molecular formula is C29H32F2N6O2. The van der Waals surface area contributed by atoms with Crippen molar-refractivity contribution in [3.05, 3.63) is 53.3 Å². The molecule has 39 heavy (non-hydrogen) atoms. The van der Waals surface area contributed by atoms with Crippen LogP contribution < -0.4 is 5.73 Å². The minimum atomic E-state index is -2.96. The van der Waals surface area contributed by atoms with Crippen LogP contribution in [0.2, 0.25) is 0 Å². The van der Waals surface area contributed by atoms with E-state index in [0.717, 1.165) is 60.5 Å². The lowest BCUT2D eigenvalue weighted by molar-refractivity contribution is -0.0909. The number of piperidine rings is 1. The van der Waals surface area contributed by atoms with Crippen LogP contribution in [0.15, 0.2) is 36.5 Å². The molecule has 4 aromatic rings. The lowest BCUT2D eigenvalue weighted by atomic mass is 10.0. The van der Waals surface area contributed by atoms with Crippen molar-refractivity contribution in [3.63, 3.8) is 0 Å². The first kappa shape index (κ1) is 24.7. The number of hydrogen-bond acceptors (Lipinski definition) is 5. The molecule has 1 amide bonds. The predicted octanol–water partition coefficient (Wildman–Crippen LogP) is 4.10. The summed E-state index contributed by atoms with van der Waals surface area (Å²) >= 11 is 0. The number of aryl methyl sites for hydroxylation is 1. The Hall–Kier alpha value is -3.37. The van der Waals surface area contributed by atoms with Gasteiger partial charge in [0.1, 0.15) is 11.3 Å². The van der Waals surface area contributed by atoms with Gasteiger partial charge in [0.15, 0.2) is 5.60 Å². The van der Waals surface area contributed by atoms with Gasteiger partial charge < -0.3 is 20.3 Å². The fourth-order valence-corrected chi connectivity index (χ4v) is 6.45. The van der Waals surface area contributed by atoms with Gasteiger partial charge in [-0.25, -0.2) is 18.3 Å². The summed E-state index contributed by atoms with van der Waals surface area (Å²) in [6.45, 7) is 4.49. The summed E-state index contributed by atoms with van der Waals surface area (Å²) in [5, 5.41) is 16.1. The Balaban J connectivity index is 1.30. The smallest absolute Gasteiger partial charge is 0.272 e. The Labute approximate surface area is 224 Å². The summed E-state index contributed by atoms with van der Waals surface area (Å²) in [6, 6.07) is 9.13. The second-order valence-corrected chi connectivity index (χ2v) is 11.8. The van der Waals surface area contributed by atoms with Gasteiger partial charge in [-0.15, -0.1) is 0 Å². The van der Waals surface area contributed by atoms with Crippen LogP contribution in [0.5, 0.6) is 0 Å². The number of fused-ring (bicyclic) bond motifs is 4. The van der Waals surface area contributed by atoms with Crippen molar-refractivity contribution in [2.24, 2.45) is 17.6 Å². The Morgan fingerprint density at radius 2 is 2.00 bits per heavy atom. The van der Waals surface area contributed by atoms with Crippen LogP contribution >= 0.6 is 0 Å². The molecule has 2 saturated carbocycles. The quantitative estimate of drug-likeness (QED) is 0.388. The third-order valence-electron chi connectivity index (χ3n) is 9.11. The molecule has 3 fully saturated rings. The number of pyridine rings is 2. The minimum Gasteiger partial charge on any atom is -0.378 e. The average molecular weight is 535 g/mol. The van der Waals surface area contributed by atoms with Crippen molar-refractivity contribution in [1.29, 1.82) is 0 Å². The van der Waals surface area contributed by atoms with Crippen molar-refractivity contribution >= 4 is 22.5 Å².